The molecule has 3 atom stereocenters. The van der Waals surface area contributed by atoms with Crippen molar-refractivity contribution in [3.8, 4) is 0 Å². The second-order valence-electron chi connectivity index (χ2n) is 7.08. The molecule has 20 heavy (non-hydrogen) atoms. The Bertz CT molecular complexity index is 365. The lowest BCUT2D eigenvalue weighted by Crippen LogP contribution is -2.43. The number of carbonyl (C=O) groups excluding carboxylic acids is 1. The molecule has 2 rings (SSSR count). The number of carbonyl (C=O) groups is 1. The third kappa shape index (κ3) is 3.64. The first-order valence-electron chi connectivity index (χ1n) is 7.42. The SMILES string of the molecule is CC1CC2(CCO1)CC(N(C)C(=O)OC(C)(C)C)CO2. The summed E-state index contributed by atoms with van der Waals surface area (Å²) in [7, 11) is 1.80. The zero-order valence-corrected chi connectivity index (χ0v) is 13.3. The molecule has 3 unspecified atom stereocenters. The van der Waals surface area contributed by atoms with Gasteiger partial charge in [0.1, 0.15) is 5.60 Å². The normalized spacial score (nSPS) is 34.2. The second-order valence-corrected chi connectivity index (χ2v) is 7.08. The molecule has 2 aliphatic rings. The van der Waals surface area contributed by atoms with E-state index < -0.39 is 5.60 Å². The number of hydrogen-bond acceptors (Lipinski definition) is 4. The first kappa shape index (κ1) is 15.6. The Morgan fingerprint density at radius 3 is 2.65 bits per heavy atom. The largest absolute Gasteiger partial charge is 0.444 e. The minimum atomic E-state index is -0.463. The lowest BCUT2D eigenvalue weighted by Gasteiger charge is -2.36. The maximum atomic E-state index is 12.1. The topological polar surface area (TPSA) is 48.0 Å². The molecule has 0 aromatic carbocycles. The van der Waals surface area contributed by atoms with Gasteiger partial charge in [0.15, 0.2) is 0 Å². The van der Waals surface area contributed by atoms with Crippen molar-refractivity contribution in [2.45, 2.75) is 70.3 Å². The fraction of sp³-hybridized carbons (Fsp3) is 0.933. The van der Waals surface area contributed by atoms with Crippen LogP contribution >= 0.6 is 0 Å². The molecule has 2 aliphatic heterocycles. The molecule has 0 radical (unpaired) electrons. The summed E-state index contributed by atoms with van der Waals surface area (Å²) in [5, 5.41) is 0. The monoisotopic (exact) mass is 285 g/mol. The lowest BCUT2D eigenvalue weighted by atomic mass is 9.87. The quantitative estimate of drug-likeness (QED) is 0.743. The van der Waals surface area contributed by atoms with E-state index in [1.807, 2.05) is 20.8 Å². The summed E-state index contributed by atoms with van der Waals surface area (Å²) in [4.78, 5) is 13.8. The Kier molecular flexibility index (Phi) is 4.30. The zero-order chi connectivity index (χ0) is 15.0. The van der Waals surface area contributed by atoms with Crippen LogP contribution < -0.4 is 0 Å². The average Bonchev–Trinajstić information content (AvgIpc) is 2.69. The van der Waals surface area contributed by atoms with Crippen LogP contribution in [-0.4, -0.2) is 54.6 Å². The van der Waals surface area contributed by atoms with Crippen molar-refractivity contribution in [1.82, 2.24) is 4.90 Å². The molecule has 0 N–H and O–H groups in total. The average molecular weight is 285 g/mol. The lowest BCUT2D eigenvalue weighted by molar-refractivity contribution is -0.107. The van der Waals surface area contributed by atoms with Crippen molar-refractivity contribution in [3.05, 3.63) is 0 Å². The van der Waals surface area contributed by atoms with Gasteiger partial charge in [-0.2, -0.15) is 0 Å². The number of nitrogens with zero attached hydrogens (tertiary/aromatic N) is 1. The van der Waals surface area contributed by atoms with Gasteiger partial charge in [0.2, 0.25) is 0 Å². The van der Waals surface area contributed by atoms with Gasteiger partial charge in [-0.15, -0.1) is 0 Å². The van der Waals surface area contributed by atoms with E-state index in [0.29, 0.717) is 6.61 Å². The predicted octanol–water partition coefficient (Wildman–Crippen LogP) is 2.58. The van der Waals surface area contributed by atoms with Crippen LogP contribution in [0.1, 0.15) is 47.0 Å². The highest BCUT2D eigenvalue weighted by Crippen LogP contribution is 2.38. The summed E-state index contributed by atoms with van der Waals surface area (Å²) in [6.07, 6.45) is 2.65. The van der Waals surface area contributed by atoms with Crippen LogP contribution in [0.2, 0.25) is 0 Å². The molecular formula is C15H27NO4. The molecule has 0 saturated carbocycles. The van der Waals surface area contributed by atoms with Gasteiger partial charge in [0.05, 0.1) is 24.4 Å². The van der Waals surface area contributed by atoms with E-state index in [-0.39, 0.29) is 23.8 Å². The van der Waals surface area contributed by atoms with Crippen molar-refractivity contribution in [1.29, 1.82) is 0 Å². The number of likely N-dealkylation sites (N-methyl/N-ethyl adjacent to an activating group) is 1. The summed E-state index contributed by atoms with van der Waals surface area (Å²) < 4.78 is 17.0. The van der Waals surface area contributed by atoms with Crippen LogP contribution in [0.4, 0.5) is 4.79 Å². The van der Waals surface area contributed by atoms with Crippen molar-refractivity contribution in [3.63, 3.8) is 0 Å². The Morgan fingerprint density at radius 1 is 1.35 bits per heavy atom. The van der Waals surface area contributed by atoms with Crippen LogP contribution in [0, 0.1) is 0 Å². The third-order valence-corrected chi connectivity index (χ3v) is 4.04. The summed E-state index contributed by atoms with van der Waals surface area (Å²) in [6.45, 7) is 9.05. The van der Waals surface area contributed by atoms with Crippen LogP contribution in [0.3, 0.4) is 0 Å². The summed E-state index contributed by atoms with van der Waals surface area (Å²) in [5.41, 5.74) is -0.575. The second kappa shape index (κ2) is 5.53. The summed E-state index contributed by atoms with van der Waals surface area (Å²) in [5.74, 6) is 0. The number of ether oxygens (including phenoxy) is 3. The van der Waals surface area contributed by atoms with E-state index in [2.05, 4.69) is 6.92 Å². The summed E-state index contributed by atoms with van der Waals surface area (Å²) in [6, 6.07) is 0.0927. The highest BCUT2D eigenvalue weighted by atomic mass is 16.6. The molecule has 0 bridgehead atoms. The molecule has 0 aromatic rings. The van der Waals surface area contributed by atoms with Crippen LogP contribution in [-0.2, 0) is 14.2 Å². The van der Waals surface area contributed by atoms with E-state index >= 15 is 0 Å². The van der Waals surface area contributed by atoms with E-state index in [1.165, 1.54) is 0 Å². The van der Waals surface area contributed by atoms with Gasteiger partial charge >= 0.3 is 6.09 Å². The van der Waals surface area contributed by atoms with Crippen molar-refractivity contribution in [2.24, 2.45) is 0 Å². The highest BCUT2D eigenvalue weighted by Gasteiger charge is 2.45. The molecule has 2 fully saturated rings. The standard InChI is InChI=1S/C15H27NO4/c1-11-8-15(6-7-18-11)9-12(10-19-15)16(5)13(17)20-14(2,3)4/h11-12H,6-10H2,1-5H3. The van der Waals surface area contributed by atoms with Gasteiger partial charge in [-0.05, 0) is 40.5 Å². The van der Waals surface area contributed by atoms with Crippen molar-refractivity contribution < 1.29 is 19.0 Å². The Morgan fingerprint density at radius 2 is 2.05 bits per heavy atom. The molecule has 116 valence electrons. The van der Waals surface area contributed by atoms with Crippen molar-refractivity contribution >= 4 is 6.09 Å². The summed E-state index contributed by atoms with van der Waals surface area (Å²) >= 11 is 0. The highest BCUT2D eigenvalue weighted by molar-refractivity contribution is 5.68. The predicted molar refractivity (Wildman–Crippen MR) is 75.7 cm³/mol. The third-order valence-electron chi connectivity index (χ3n) is 4.04. The van der Waals surface area contributed by atoms with Crippen molar-refractivity contribution in [2.75, 3.05) is 20.3 Å². The number of hydrogen-bond donors (Lipinski definition) is 0. The smallest absolute Gasteiger partial charge is 0.410 e. The molecule has 0 aromatic heterocycles. The van der Waals surface area contributed by atoms with Gasteiger partial charge in [0.25, 0.3) is 0 Å². The molecule has 2 heterocycles. The molecule has 1 amide bonds. The molecule has 0 aliphatic carbocycles. The first-order valence-corrected chi connectivity index (χ1v) is 7.42. The Hall–Kier alpha value is -0.810. The minimum absolute atomic E-state index is 0.0927. The van der Waals surface area contributed by atoms with E-state index in [4.69, 9.17) is 14.2 Å². The number of amides is 1. The molecule has 5 nitrogen and oxygen atoms in total. The van der Waals surface area contributed by atoms with Gasteiger partial charge in [-0.1, -0.05) is 0 Å². The van der Waals surface area contributed by atoms with Gasteiger partial charge in [-0.3, -0.25) is 0 Å². The zero-order valence-electron chi connectivity index (χ0n) is 13.3. The van der Waals surface area contributed by atoms with Gasteiger partial charge in [-0.25, -0.2) is 4.79 Å². The van der Waals surface area contributed by atoms with E-state index in [9.17, 15) is 4.79 Å². The van der Waals surface area contributed by atoms with E-state index in [0.717, 1.165) is 25.9 Å². The minimum Gasteiger partial charge on any atom is -0.444 e. The van der Waals surface area contributed by atoms with Gasteiger partial charge < -0.3 is 19.1 Å². The van der Waals surface area contributed by atoms with Crippen LogP contribution in [0.5, 0.6) is 0 Å². The maximum Gasteiger partial charge on any atom is 0.410 e. The Labute approximate surface area is 121 Å². The van der Waals surface area contributed by atoms with Crippen LogP contribution in [0.15, 0.2) is 0 Å². The van der Waals surface area contributed by atoms with Gasteiger partial charge in [0, 0.05) is 20.1 Å². The molecule has 5 heteroatoms. The molecule has 2 saturated heterocycles. The Balaban J connectivity index is 1.93. The van der Waals surface area contributed by atoms with Crippen LogP contribution in [0.25, 0.3) is 0 Å². The first-order chi connectivity index (χ1) is 9.21. The number of rotatable bonds is 1. The molecular weight excluding hydrogens is 258 g/mol. The fourth-order valence-corrected chi connectivity index (χ4v) is 3.00. The maximum absolute atomic E-state index is 12.1. The molecule has 1 spiro atoms. The fourth-order valence-electron chi connectivity index (χ4n) is 3.00. The van der Waals surface area contributed by atoms with E-state index in [1.54, 1.807) is 11.9 Å².